The Morgan fingerprint density at radius 1 is 1.11 bits per heavy atom. The van der Waals surface area contributed by atoms with E-state index in [1.165, 1.54) is 0 Å². The summed E-state index contributed by atoms with van der Waals surface area (Å²) in [6.45, 7) is 2.81. The Morgan fingerprint density at radius 3 is 2.39 bits per heavy atom. The van der Waals surface area contributed by atoms with Crippen LogP contribution in [0.15, 0.2) is 47.4 Å². The molecule has 150 valence electrons. The number of carbonyl (C=O) groups excluding carboxylic acids is 1. The minimum absolute atomic E-state index is 0.0291. The number of sulfonamides is 1. The van der Waals surface area contributed by atoms with Crippen molar-refractivity contribution in [2.45, 2.75) is 37.4 Å². The molecule has 0 aliphatic carbocycles. The highest BCUT2D eigenvalue weighted by Crippen LogP contribution is 2.30. The summed E-state index contributed by atoms with van der Waals surface area (Å²) in [4.78, 5) is 13.4. The highest BCUT2D eigenvalue weighted by Gasteiger charge is 2.30. The van der Waals surface area contributed by atoms with Gasteiger partial charge in [0.2, 0.25) is 5.91 Å². The largest absolute Gasteiger partial charge is 0.416 e. The van der Waals surface area contributed by atoms with Crippen molar-refractivity contribution < 1.29 is 26.4 Å². The molecule has 1 amide bonds. The molecule has 0 unspecified atom stereocenters. The molecular weight excluding hydrogens is 393 g/mol. The van der Waals surface area contributed by atoms with Gasteiger partial charge in [0.1, 0.15) is 0 Å². The monoisotopic (exact) mass is 412 g/mol. The summed E-state index contributed by atoms with van der Waals surface area (Å²) in [6.07, 6.45) is -3.45. The lowest BCUT2D eigenvalue weighted by atomic mass is 9.99. The van der Waals surface area contributed by atoms with E-state index in [1.54, 1.807) is 30.0 Å². The van der Waals surface area contributed by atoms with Crippen LogP contribution in [0.5, 0.6) is 0 Å². The fraction of sp³-hybridized carbons (Fsp3) is 0.316. The first-order chi connectivity index (χ1) is 13.1. The van der Waals surface area contributed by atoms with Gasteiger partial charge in [-0.3, -0.25) is 9.52 Å². The van der Waals surface area contributed by atoms with Gasteiger partial charge < -0.3 is 4.90 Å². The van der Waals surface area contributed by atoms with Gasteiger partial charge in [-0.15, -0.1) is 0 Å². The number of anilines is 1. The Morgan fingerprint density at radius 2 is 1.79 bits per heavy atom. The standard InChI is InChI=1S/C19H19F3N2O3S/c1-2-18(25)24-10-9-13-3-6-16(11-14(13)12-24)23-28(26,27)17-7-4-15(5-8-17)19(20,21)22/h3-8,11,23H,2,9-10,12H2,1H3. The van der Waals surface area contributed by atoms with Gasteiger partial charge in [-0.1, -0.05) is 13.0 Å². The number of alkyl halides is 3. The second-order valence-electron chi connectivity index (χ2n) is 6.53. The molecule has 3 rings (SSSR count). The number of hydrogen-bond donors (Lipinski definition) is 1. The van der Waals surface area contributed by atoms with Gasteiger partial charge in [0.15, 0.2) is 0 Å². The number of nitrogens with zero attached hydrogens (tertiary/aromatic N) is 1. The van der Waals surface area contributed by atoms with Crippen LogP contribution in [0, 0.1) is 0 Å². The molecule has 1 aliphatic rings. The SMILES string of the molecule is CCC(=O)N1CCc2ccc(NS(=O)(=O)c3ccc(C(F)(F)F)cc3)cc2C1. The quantitative estimate of drug-likeness (QED) is 0.831. The number of halogens is 3. The van der Waals surface area contributed by atoms with Crippen LogP contribution in [0.2, 0.25) is 0 Å². The van der Waals surface area contributed by atoms with Crippen LogP contribution in [0.4, 0.5) is 18.9 Å². The molecule has 1 aliphatic heterocycles. The summed E-state index contributed by atoms with van der Waals surface area (Å²) in [7, 11) is -4.03. The predicted molar refractivity (Wildman–Crippen MR) is 98.1 cm³/mol. The summed E-state index contributed by atoms with van der Waals surface area (Å²) in [5.74, 6) is 0.0291. The first-order valence-corrected chi connectivity index (χ1v) is 10.2. The maximum absolute atomic E-state index is 12.6. The number of rotatable bonds is 4. The molecule has 0 saturated carbocycles. The van der Waals surface area contributed by atoms with Crippen LogP contribution in [-0.4, -0.2) is 25.8 Å². The summed E-state index contributed by atoms with van der Waals surface area (Å²) in [5, 5.41) is 0. The Bertz CT molecular complexity index is 986. The molecule has 1 N–H and O–H groups in total. The lowest BCUT2D eigenvalue weighted by Gasteiger charge is -2.29. The molecule has 1 heterocycles. The number of fused-ring (bicyclic) bond motifs is 1. The van der Waals surface area contributed by atoms with E-state index >= 15 is 0 Å². The normalized spacial score (nSPS) is 14.5. The van der Waals surface area contributed by atoms with Gasteiger partial charge in [0.25, 0.3) is 10.0 Å². The Labute approximate surface area is 161 Å². The molecule has 0 spiro atoms. The van der Waals surface area contributed by atoms with Crippen molar-refractivity contribution in [3.05, 3.63) is 59.2 Å². The minimum Gasteiger partial charge on any atom is -0.338 e. The van der Waals surface area contributed by atoms with E-state index in [9.17, 15) is 26.4 Å². The molecule has 0 radical (unpaired) electrons. The highest BCUT2D eigenvalue weighted by atomic mass is 32.2. The van der Waals surface area contributed by atoms with Crippen LogP contribution < -0.4 is 4.72 Å². The molecule has 5 nitrogen and oxygen atoms in total. The smallest absolute Gasteiger partial charge is 0.338 e. The first kappa shape index (κ1) is 20.2. The van der Waals surface area contributed by atoms with Crippen LogP contribution in [-0.2, 0) is 34.0 Å². The highest BCUT2D eigenvalue weighted by molar-refractivity contribution is 7.92. The maximum atomic E-state index is 12.6. The summed E-state index contributed by atoms with van der Waals surface area (Å²) in [6, 6.07) is 8.37. The van der Waals surface area contributed by atoms with Gasteiger partial charge in [-0.25, -0.2) is 8.42 Å². The van der Waals surface area contributed by atoms with Crippen molar-refractivity contribution in [2.24, 2.45) is 0 Å². The second-order valence-corrected chi connectivity index (χ2v) is 8.21. The number of carbonyl (C=O) groups is 1. The van der Waals surface area contributed by atoms with Gasteiger partial charge in [0.05, 0.1) is 10.5 Å². The number of amides is 1. The third-order valence-electron chi connectivity index (χ3n) is 4.62. The third kappa shape index (κ3) is 4.30. The summed E-state index contributed by atoms with van der Waals surface area (Å²) in [5.41, 5.74) is 1.27. The van der Waals surface area contributed by atoms with Crippen molar-refractivity contribution in [1.29, 1.82) is 0 Å². The van der Waals surface area contributed by atoms with Crippen molar-refractivity contribution in [3.8, 4) is 0 Å². The lowest BCUT2D eigenvalue weighted by molar-refractivity contribution is -0.137. The Hall–Kier alpha value is -2.55. The van der Waals surface area contributed by atoms with Gasteiger partial charge in [-0.05, 0) is 53.9 Å². The fourth-order valence-electron chi connectivity index (χ4n) is 3.09. The maximum Gasteiger partial charge on any atom is 0.416 e. The molecule has 0 bridgehead atoms. The lowest BCUT2D eigenvalue weighted by Crippen LogP contribution is -2.35. The molecule has 0 fully saturated rings. The van der Waals surface area contributed by atoms with Crippen LogP contribution in [0.1, 0.15) is 30.0 Å². The van der Waals surface area contributed by atoms with Crippen LogP contribution in [0.3, 0.4) is 0 Å². The molecule has 0 aromatic heterocycles. The number of nitrogens with one attached hydrogen (secondary N) is 1. The number of benzene rings is 2. The van der Waals surface area contributed by atoms with Crippen LogP contribution >= 0.6 is 0 Å². The zero-order valence-electron chi connectivity index (χ0n) is 15.1. The van der Waals surface area contributed by atoms with Gasteiger partial charge in [0, 0.05) is 25.2 Å². The first-order valence-electron chi connectivity index (χ1n) is 8.70. The van der Waals surface area contributed by atoms with E-state index in [1.807, 2.05) is 0 Å². The number of hydrogen-bond acceptors (Lipinski definition) is 3. The zero-order valence-corrected chi connectivity index (χ0v) is 15.9. The molecule has 0 saturated heterocycles. The van der Waals surface area contributed by atoms with E-state index in [0.29, 0.717) is 31.6 Å². The van der Waals surface area contributed by atoms with E-state index in [4.69, 9.17) is 0 Å². The van der Waals surface area contributed by atoms with Crippen molar-refractivity contribution in [3.63, 3.8) is 0 Å². The van der Waals surface area contributed by atoms with Crippen molar-refractivity contribution in [2.75, 3.05) is 11.3 Å². The second kappa shape index (κ2) is 7.46. The average molecular weight is 412 g/mol. The molecule has 9 heteroatoms. The van der Waals surface area contributed by atoms with E-state index < -0.39 is 21.8 Å². The molecule has 0 atom stereocenters. The van der Waals surface area contributed by atoms with Crippen LogP contribution in [0.25, 0.3) is 0 Å². The van der Waals surface area contributed by atoms with E-state index in [2.05, 4.69) is 4.72 Å². The Kier molecular flexibility index (Phi) is 5.38. The topological polar surface area (TPSA) is 66.5 Å². The molecular formula is C19H19F3N2O3S. The average Bonchev–Trinajstić information content (AvgIpc) is 2.66. The molecule has 2 aromatic carbocycles. The summed E-state index contributed by atoms with van der Waals surface area (Å²) < 4.78 is 65.3. The van der Waals surface area contributed by atoms with E-state index in [-0.39, 0.29) is 10.8 Å². The molecule has 2 aromatic rings. The van der Waals surface area contributed by atoms with Gasteiger partial charge >= 0.3 is 6.18 Å². The third-order valence-corrected chi connectivity index (χ3v) is 6.02. The summed E-state index contributed by atoms with van der Waals surface area (Å²) >= 11 is 0. The predicted octanol–water partition coefficient (Wildman–Crippen LogP) is 3.80. The van der Waals surface area contributed by atoms with Crippen molar-refractivity contribution in [1.82, 2.24) is 4.90 Å². The zero-order chi connectivity index (χ0) is 20.5. The fourth-order valence-corrected chi connectivity index (χ4v) is 4.14. The van der Waals surface area contributed by atoms with Crippen molar-refractivity contribution >= 4 is 21.6 Å². The van der Waals surface area contributed by atoms with Gasteiger partial charge in [-0.2, -0.15) is 13.2 Å². The minimum atomic E-state index is -4.53. The van der Waals surface area contributed by atoms with E-state index in [0.717, 1.165) is 35.4 Å². The molecule has 28 heavy (non-hydrogen) atoms. The Balaban J connectivity index is 1.81.